The van der Waals surface area contributed by atoms with E-state index < -0.39 is 0 Å². The molecule has 0 atom stereocenters. The average Bonchev–Trinajstić information content (AvgIpc) is 2.47. The number of methoxy groups -OCH3 is 1. The van der Waals surface area contributed by atoms with Gasteiger partial charge in [0.2, 0.25) is 0 Å². The van der Waals surface area contributed by atoms with E-state index in [1.807, 2.05) is 37.6 Å². The average molecular weight is 355 g/mol. The fraction of sp³-hybridized carbons (Fsp3) is 0.231. The first kappa shape index (κ1) is 14.9. The quantitative estimate of drug-likeness (QED) is 0.629. The molecule has 0 saturated carbocycles. The molecule has 7 heteroatoms. The minimum absolute atomic E-state index is 0.715. The van der Waals surface area contributed by atoms with Crippen molar-refractivity contribution in [3.05, 3.63) is 28.7 Å². The second-order valence-corrected chi connectivity index (χ2v) is 5.48. The number of aromatic nitrogens is 2. The van der Waals surface area contributed by atoms with Gasteiger partial charge in [0, 0.05) is 18.8 Å². The maximum atomic E-state index is 5.21. The molecule has 20 heavy (non-hydrogen) atoms. The second-order valence-electron chi connectivity index (χ2n) is 3.85. The van der Waals surface area contributed by atoms with E-state index in [-0.39, 0.29) is 0 Å². The number of thioether (sulfide) groups is 1. The minimum Gasteiger partial charge on any atom is -0.496 e. The zero-order valence-corrected chi connectivity index (χ0v) is 13.8. The Morgan fingerprint density at radius 2 is 1.95 bits per heavy atom. The summed E-state index contributed by atoms with van der Waals surface area (Å²) in [5, 5.41) is 6.99. The molecule has 106 valence electrons. The highest BCUT2D eigenvalue weighted by atomic mass is 79.9. The molecule has 1 aromatic carbocycles. The zero-order chi connectivity index (χ0) is 14.5. The summed E-state index contributed by atoms with van der Waals surface area (Å²) in [5.74, 6) is 2.31. The van der Waals surface area contributed by atoms with Crippen LogP contribution in [0.2, 0.25) is 0 Å². The van der Waals surface area contributed by atoms with Gasteiger partial charge in [-0.2, -0.15) is 0 Å². The Bertz CT molecular complexity index is 587. The molecule has 2 N–H and O–H groups in total. The summed E-state index contributed by atoms with van der Waals surface area (Å²) in [6.45, 7) is 0. The van der Waals surface area contributed by atoms with Crippen LogP contribution >= 0.6 is 27.7 Å². The summed E-state index contributed by atoms with van der Waals surface area (Å²) in [7, 11) is 3.47. The lowest BCUT2D eigenvalue weighted by Gasteiger charge is -2.10. The highest BCUT2D eigenvalue weighted by Crippen LogP contribution is 2.29. The number of hydrogen-bond donors (Lipinski definition) is 2. The zero-order valence-electron chi connectivity index (χ0n) is 11.4. The number of nitrogens with one attached hydrogen (secondary N) is 2. The standard InChI is InChI=1S/C13H15BrN4OS/c1-15-11-7-12(18-13(17-11)20-3)16-8-4-5-10(19-2)9(14)6-8/h4-7H,1-3H3,(H2,15,16,17,18). The highest BCUT2D eigenvalue weighted by Gasteiger charge is 2.05. The minimum atomic E-state index is 0.715. The van der Waals surface area contributed by atoms with Crippen LogP contribution in [0.4, 0.5) is 17.3 Å². The van der Waals surface area contributed by atoms with Crippen LogP contribution < -0.4 is 15.4 Å². The van der Waals surface area contributed by atoms with Crippen molar-refractivity contribution in [2.45, 2.75) is 5.16 Å². The molecule has 0 saturated heterocycles. The maximum absolute atomic E-state index is 5.21. The number of rotatable bonds is 5. The van der Waals surface area contributed by atoms with Crippen LogP contribution in [0, 0.1) is 0 Å². The fourth-order valence-corrected chi connectivity index (χ4v) is 2.52. The van der Waals surface area contributed by atoms with Crippen LogP contribution in [0.5, 0.6) is 5.75 Å². The number of benzene rings is 1. The molecule has 0 unspecified atom stereocenters. The van der Waals surface area contributed by atoms with Crippen LogP contribution in [0.25, 0.3) is 0 Å². The predicted octanol–water partition coefficient (Wildman–Crippen LogP) is 3.75. The Kier molecular flexibility index (Phi) is 5.08. The first-order chi connectivity index (χ1) is 9.66. The monoisotopic (exact) mass is 354 g/mol. The van der Waals surface area contributed by atoms with Crippen LogP contribution in [0.3, 0.4) is 0 Å². The maximum Gasteiger partial charge on any atom is 0.191 e. The summed E-state index contributed by atoms with van der Waals surface area (Å²) in [6.07, 6.45) is 1.95. The van der Waals surface area contributed by atoms with E-state index in [1.165, 1.54) is 11.8 Å². The Balaban J connectivity index is 2.27. The van der Waals surface area contributed by atoms with Crippen molar-refractivity contribution in [3.8, 4) is 5.75 Å². The van der Waals surface area contributed by atoms with Crippen molar-refractivity contribution in [2.24, 2.45) is 0 Å². The highest BCUT2D eigenvalue weighted by molar-refractivity contribution is 9.10. The smallest absolute Gasteiger partial charge is 0.191 e. The number of hydrogen-bond acceptors (Lipinski definition) is 6. The van der Waals surface area contributed by atoms with Crippen LogP contribution in [0.15, 0.2) is 33.9 Å². The molecule has 0 radical (unpaired) electrons. The lowest BCUT2D eigenvalue weighted by atomic mass is 10.3. The second kappa shape index (κ2) is 6.81. The molecule has 0 aliphatic heterocycles. The lowest BCUT2D eigenvalue weighted by Crippen LogP contribution is -2.00. The van der Waals surface area contributed by atoms with Gasteiger partial charge < -0.3 is 15.4 Å². The fourth-order valence-electron chi connectivity index (χ4n) is 1.60. The van der Waals surface area contributed by atoms with E-state index in [1.54, 1.807) is 7.11 Å². The molecule has 0 aliphatic rings. The van der Waals surface area contributed by atoms with Crippen LogP contribution in [-0.4, -0.2) is 30.4 Å². The largest absolute Gasteiger partial charge is 0.496 e. The van der Waals surface area contributed by atoms with Gasteiger partial charge in [-0.25, -0.2) is 9.97 Å². The van der Waals surface area contributed by atoms with Gasteiger partial charge in [-0.3, -0.25) is 0 Å². The van der Waals surface area contributed by atoms with Gasteiger partial charge >= 0.3 is 0 Å². The number of halogens is 1. The molecule has 1 heterocycles. The summed E-state index contributed by atoms with van der Waals surface area (Å²) >= 11 is 4.96. The van der Waals surface area contributed by atoms with Gasteiger partial charge in [0.05, 0.1) is 11.6 Å². The molecule has 0 fully saturated rings. The molecule has 0 aliphatic carbocycles. The van der Waals surface area contributed by atoms with Gasteiger partial charge in [-0.05, 0) is 40.4 Å². The van der Waals surface area contributed by atoms with Crippen LogP contribution in [0.1, 0.15) is 0 Å². The van der Waals surface area contributed by atoms with Crippen molar-refractivity contribution in [1.82, 2.24) is 9.97 Å². The van der Waals surface area contributed by atoms with Crippen LogP contribution in [-0.2, 0) is 0 Å². The summed E-state index contributed by atoms with van der Waals surface area (Å²) in [5.41, 5.74) is 0.922. The van der Waals surface area contributed by atoms with Gasteiger partial charge in [-0.1, -0.05) is 11.8 Å². The molecular formula is C13H15BrN4OS. The van der Waals surface area contributed by atoms with Crippen molar-refractivity contribution in [3.63, 3.8) is 0 Å². The van der Waals surface area contributed by atoms with E-state index >= 15 is 0 Å². The number of anilines is 3. The van der Waals surface area contributed by atoms with Crippen molar-refractivity contribution < 1.29 is 4.74 Å². The number of nitrogens with zero attached hydrogens (tertiary/aromatic N) is 2. The van der Waals surface area contributed by atoms with Gasteiger partial charge in [0.15, 0.2) is 5.16 Å². The van der Waals surface area contributed by atoms with Crippen molar-refractivity contribution in [1.29, 1.82) is 0 Å². The van der Waals surface area contributed by atoms with Gasteiger partial charge in [0.25, 0.3) is 0 Å². The Morgan fingerprint density at radius 3 is 2.55 bits per heavy atom. The van der Waals surface area contributed by atoms with Gasteiger partial charge in [-0.15, -0.1) is 0 Å². The van der Waals surface area contributed by atoms with E-state index in [9.17, 15) is 0 Å². The van der Waals surface area contributed by atoms with E-state index in [0.29, 0.717) is 5.16 Å². The summed E-state index contributed by atoms with van der Waals surface area (Å²) in [6, 6.07) is 7.63. The molecule has 2 aromatic rings. The summed E-state index contributed by atoms with van der Waals surface area (Å²) < 4.78 is 6.10. The molecule has 1 aromatic heterocycles. The first-order valence-electron chi connectivity index (χ1n) is 5.87. The molecule has 2 rings (SSSR count). The molecule has 0 amide bonds. The first-order valence-corrected chi connectivity index (χ1v) is 7.89. The molecule has 5 nitrogen and oxygen atoms in total. The topological polar surface area (TPSA) is 59.1 Å². The predicted molar refractivity (Wildman–Crippen MR) is 87.3 cm³/mol. The van der Waals surface area contributed by atoms with Gasteiger partial charge in [0.1, 0.15) is 17.4 Å². The third-order valence-electron chi connectivity index (χ3n) is 2.57. The molecular weight excluding hydrogens is 340 g/mol. The number of ether oxygens (including phenoxy) is 1. The third-order valence-corrected chi connectivity index (χ3v) is 3.74. The van der Waals surface area contributed by atoms with E-state index in [4.69, 9.17) is 4.74 Å². The third kappa shape index (κ3) is 3.55. The SMILES string of the molecule is CNc1cc(Nc2ccc(OC)c(Br)c2)nc(SC)n1. The van der Waals surface area contributed by atoms with E-state index in [2.05, 4.69) is 36.5 Å². The van der Waals surface area contributed by atoms with Crippen molar-refractivity contribution >= 4 is 45.0 Å². The summed E-state index contributed by atoms with van der Waals surface area (Å²) in [4.78, 5) is 8.75. The normalized spacial score (nSPS) is 10.2. The molecule has 0 spiro atoms. The Labute approximate surface area is 130 Å². The molecule has 0 bridgehead atoms. The Hall–Kier alpha value is -1.47. The Morgan fingerprint density at radius 1 is 1.20 bits per heavy atom. The lowest BCUT2D eigenvalue weighted by molar-refractivity contribution is 0.412. The van der Waals surface area contributed by atoms with Crippen molar-refractivity contribution in [2.75, 3.05) is 31.0 Å². The van der Waals surface area contributed by atoms with E-state index in [0.717, 1.165) is 27.5 Å².